The van der Waals surface area contributed by atoms with Crippen molar-refractivity contribution in [2.24, 2.45) is 0 Å². The maximum Gasteiger partial charge on any atom is 0.320 e. The minimum absolute atomic E-state index is 0.00722. The molecule has 0 spiro atoms. The van der Waals surface area contributed by atoms with Crippen molar-refractivity contribution >= 4 is 17.6 Å². The van der Waals surface area contributed by atoms with Gasteiger partial charge >= 0.3 is 5.97 Å². The lowest BCUT2D eigenvalue weighted by molar-refractivity contribution is -0.142. The lowest BCUT2D eigenvalue weighted by Crippen LogP contribution is -2.49. The molecule has 3 rings (SSSR count). The molecular formula is C17H22N2O3. The van der Waals surface area contributed by atoms with E-state index in [0.717, 1.165) is 24.9 Å². The minimum Gasteiger partial charge on any atom is -0.480 e. The molecule has 2 atom stereocenters. The van der Waals surface area contributed by atoms with Crippen LogP contribution < -0.4 is 4.90 Å². The third-order valence-corrected chi connectivity index (χ3v) is 4.78. The highest BCUT2D eigenvalue weighted by Gasteiger charge is 2.35. The number of carboxylic acids is 1. The SMILES string of the molecule is CC1CCc2ccccc2N1C(=O)CN1CCC[C@@H]1C(=O)O. The Morgan fingerprint density at radius 2 is 2.05 bits per heavy atom. The molecule has 1 N–H and O–H groups in total. The normalized spacial score (nSPS) is 25.0. The van der Waals surface area contributed by atoms with E-state index in [-0.39, 0.29) is 18.5 Å². The van der Waals surface area contributed by atoms with Crippen LogP contribution in [0.25, 0.3) is 0 Å². The number of nitrogens with zero attached hydrogens (tertiary/aromatic N) is 2. The van der Waals surface area contributed by atoms with Gasteiger partial charge in [-0.2, -0.15) is 0 Å². The summed E-state index contributed by atoms with van der Waals surface area (Å²) in [6.07, 6.45) is 3.42. The first kappa shape index (κ1) is 15.0. The predicted molar refractivity (Wildman–Crippen MR) is 83.9 cm³/mol. The van der Waals surface area contributed by atoms with Crippen LogP contribution in [-0.2, 0) is 16.0 Å². The van der Waals surface area contributed by atoms with Gasteiger partial charge in [-0.3, -0.25) is 14.5 Å². The van der Waals surface area contributed by atoms with Crippen molar-refractivity contribution in [2.45, 2.75) is 44.7 Å². The van der Waals surface area contributed by atoms with E-state index in [1.54, 1.807) is 4.90 Å². The van der Waals surface area contributed by atoms with Crippen molar-refractivity contribution in [1.82, 2.24) is 4.90 Å². The number of fused-ring (bicyclic) bond motifs is 1. The molecule has 1 unspecified atom stereocenters. The maximum atomic E-state index is 12.8. The number of hydrogen-bond acceptors (Lipinski definition) is 3. The molecule has 5 nitrogen and oxygen atoms in total. The smallest absolute Gasteiger partial charge is 0.320 e. The zero-order valence-corrected chi connectivity index (χ0v) is 12.9. The first-order valence-corrected chi connectivity index (χ1v) is 7.94. The van der Waals surface area contributed by atoms with Gasteiger partial charge in [-0.15, -0.1) is 0 Å². The van der Waals surface area contributed by atoms with Gasteiger partial charge in [-0.25, -0.2) is 0 Å². The van der Waals surface area contributed by atoms with Crippen LogP contribution in [0, 0.1) is 0 Å². The van der Waals surface area contributed by atoms with Gasteiger partial charge < -0.3 is 10.0 Å². The third kappa shape index (κ3) is 2.73. The van der Waals surface area contributed by atoms with Crippen molar-refractivity contribution in [3.63, 3.8) is 0 Å². The number of carbonyl (C=O) groups excluding carboxylic acids is 1. The van der Waals surface area contributed by atoms with Gasteiger partial charge in [0.05, 0.1) is 6.54 Å². The topological polar surface area (TPSA) is 60.9 Å². The number of rotatable bonds is 3. The molecule has 2 aliphatic rings. The lowest BCUT2D eigenvalue weighted by Gasteiger charge is -2.36. The van der Waals surface area contributed by atoms with Crippen LogP contribution in [-0.4, -0.2) is 47.1 Å². The van der Waals surface area contributed by atoms with Crippen molar-refractivity contribution in [3.8, 4) is 0 Å². The number of hydrogen-bond donors (Lipinski definition) is 1. The fraction of sp³-hybridized carbons (Fsp3) is 0.529. The summed E-state index contributed by atoms with van der Waals surface area (Å²) in [5.41, 5.74) is 2.18. The highest BCUT2D eigenvalue weighted by atomic mass is 16.4. The van der Waals surface area contributed by atoms with Crippen molar-refractivity contribution in [1.29, 1.82) is 0 Å². The maximum absolute atomic E-state index is 12.8. The zero-order chi connectivity index (χ0) is 15.7. The summed E-state index contributed by atoms with van der Waals surface area (Å²) in [5, 5.41) is 9.25. The van der Waals surface area contributed by atoms with E-state index in [0.29, 0.717) is 13.0 Å². The first-order chi connectivity index (χ1) is 10.6. The number of para-hydroxylation sites is 1. The van der Waals surface area contributed by atoms with Crippen LogP contribution in [0.5, 0.6) is 0 Å². The van der Waals surface area contributed by atoms with E-state index < -0.39 is 12.0 Å². The average Bonchev–Trinajstić information content (AvgIpc) is 2.95. The summed E-state index contributed by atoms with van der Waals surface area (Å²) in [5.74, 6) is -0.815. The van der Waals surface area contributed by atoms with E-state index in [1.807, 2.05) is 23.1 Å². The lowest BCUT2D eigenvalue weighted by atomic mass is 9.96. The Morgan fingerprint density at radius 1 is 1.27 bits per heavy atom. The number of anilines is 1. The summed E-state index contributed by atoms with van der Waals surface area (Å²) in [6.45, 7) is 2.94. The number of likely N-dealkylation sites (tertiary alicyclic amines) is 1. The monoisotopic (exact) mass is 302 g/mol. The fourth-order valence-electron chi connectivity index (χ4n) is 3.61. The number of aliphatic carboxylic acids is 1. The van der Waals surface area contributed by atoms with E-state index >= 15 is 0 Å². The second-order valence-corrected chi connectivity index (χ2v) is 6.25. The predicted octanol–water partition coefficient (Wildman–Crippen LogP) is 1.90. The molecule has 0 bridgehead atoms. The quantitative estimate of drug-likeness (QED) is 0.926. The van der Waals surface area contributed by atoms with Crippen LogP contribution in [0.4, 0.5) is 5.69 Å². The summed E-state index contributed by atoms with van der Waals surface area (Å²) in [4.78, 5) is 27.7. The molecule has 1 aromatic rings. The van der Waals surface area contributed by atoms with Gasteiger partial charge in [0.2, 0.25) is 5.91 Å². The van der Waals surface area contributed by atoms with E-state index in [1.165, 1.54) is 5.56 Å². The third-order valence-electron chi connectivity index (χ3n) is 4.78. The first-order valence-electron chi connectivity index (χ1n) is 7.94. The van der Waals surface area contributed by atoms with Crippen molar-refractivity contribution in [2.75, 3.05) is 18.0 Å². The van der Waals surface area contributed by atoms with E-state index in [4.69, 9.17) is 0 Å². The van der Waals surface area contributed by atoms with Crippen LogP contribution >= 0.6 is 0 Å². The molecule has 0 aromatic heterocycles. The van der Waals surface area contributed by atoms with Crippen LogP contribution in [0.15, 0.2) is 24.3 Å². The Morgan fingerprint density at radius 3 is 2.82 bits per heavy atom. The molecule has 22 heavy (non-hydrogen) atoms. The second kappa shape index (κ2) is 6.08. The van der Waals surface area contributed by atoms with Crippen molar-refractivity contribution < 1.29 is 14.7 Å². The Labute approximate surface area is 130 Å². The number of aryl methyl sites for hydroxylation is 1. The van der Waals surface area contributed by atoms with Crippen LogP contribution in [0.3, 0.4) is 0 Å². The molecule has 1 fully saturated rings. The van der Waals surface area contributed by atoms with E-state index in [2.05, 4.69) is 13.0 Å². The summed E-state index contributed by atoms with van der Waals surface area (Å²) >= 11 is 0. The zero-order valence-electron chi connectivity index (χ0n) is 12.9. The number of carbonyl (C=O) groups is 2. The van der Waals surface area contributed by atoms with Gasteiger partial charge in [0, 0.05) is 11.7 Å². The Bertz CT molecular complexity index is 587. The molecule has 2 aliphatic heterocycles. The van der Waals surface area contributed by atoms with Gasteiger partial charge in [0.25, 0.3) is 0 Å². The highest BCUT2D eigenvalue weighted by Crippen LogP contribution is 2.31. The van der Waals surface area contributed by atoms with Gasteiger partial charge in [-0.1, -0.05) is 18.2 Å². The molecular weight excluding hydrogens is 280 g/mol. The van der Waals surface area contributed by atoms with Crippen LogP contribution in [0.1, 0.15) is 31.7 Å². The molecule has 118 valence electrons. The molecule has 5 heteroatoms. The van der Waals surface area contributed by atoms with Crippen molar-refractivity contribution in [3.05, 3.63) is 29.8 Å². The molecule has 0 saturated carbocycles. The van der Waals surface area contributed by atoms with E-state index in [9.17, 15) is 14.7 Å². The molecule has 1 amide bonds. The summed E-state index contributed by atoms with van der Waals surface area (Å²) in [6, 6.07) is 7.65. The van der Waals surface area contributed by atoms with Gasteiger partial charge in [-0.05, 0) is 50.8 Å². The molecule has 1 saturated heterocycles. The summed E-state index contributed by atoms with van der Waals surface area (Å²) in [7, 11) is 0. The molecule has 2 heterocycles. The Kier molecular flexibility index (Phi) is 4.16. The second-order valence-electron chi connectivity index (χ2n) is 6.25. The Hall–Kier alpha value is -1.88. The highest BCUT2D eigenvalue weighted by molar-refractivity contribution is 5.96. The summed E-state index contributed by atoms with van der Waals surface area (Å²) < 4.78 is 0. The standard InChI is InChI=1S/C17H22N2O3/c1-12-8-9-13-5-2-3-6-14(13)19(12)16(20)11-18-10-4-7-15(18)17(21)22/h2-3,5-6,12,15H,4,7-11H2,1H3,(H,21,22)/t12?,15-/m1/s1. The molecule has 0 aliphatic carbocycles. The van der Waals surface area contributed by atoms with Gasteiger partial charge in [0.15, 0.2) is 0 Å². The number of carboxylic acid groups (broad SMARTS) is 1. The Balaban J connectivity index is 1.78. The fourth-order valence-corrected chi connectivity index (χ4v) is 3.61. The van der Waals surface area contributed by atoms with Gasteiger partial charge in [0.1, 0.15) is 6.04 Å². The minimum atomic E-state index is -0.822. The number of amides is 1. The van der Waals surface area contributed by atoms with Crippen LogP contribution in [0.2, 0.25) is 0 Å². The average molecular weight is 302 g/mol. The largest absolute Gasteiger partial charge is 0.480 e. The molecule has 0 radical (unpaired) electrons. The molecule has 1 aromatic carbocycles. The number of benzene rings is 1.